The summed E-state index contributed by atoms with van der Waals surface area (Å²) in [4.78, 5) is 0. The van der Waals surface area contributed by atoms with Crippen LogP contribution in [-0.2, 0) is 0 Å². The summed E-state index contributed by atoms with van der Waals surface area (Å²) in [6.45, 7) is 1.83. The van der Waals surface area contributed by atoms with E-state index < -0.39 is 5.38 Å². The van der Waals surface area contributed by atoms with E-state index in [1.165, 1.54) is 12.1 Å². The number of rotatable bonds is 4. The number of ether oxygens (including phenoxy) is 2. The molecule has 1 atom stereocenters. The Morgan fingerprint density at radius 1 is 1.05 bits per heavy atom. The molecule has 20 heavy (non-hydrogen) atoms. The van der Waals surface area contributed by atoms with Crippen molar-refractivity contribution < 1.29 is 13.9 Å². The highest BCUT2D eigenvalue weighted by Gasteiger charge is 2.17. The van der Waals surface area contributed by atoms with E-state index in [0.717, 1.165) is 11.1 Å². The molecular formula is C16H16ClFO2. The van der Waals surface area contributed by atoms with Crippen molar-refractivity contribution in [2.24, 2.45) is 0 Å². The van der Waals surface area contributed by atoms with Crippen LogP contribution < -0.4 is 9.47 Å². The molecule has 4 heteroatoms. The van der Waals surface area contributed by atoms with Crippen LogP contribution in [0.15, 0.2) is 36.4 Å². The van der Waals surface area contributed by atoms with E-state index in [1.54, 1.807) is 32.4 Å². The minimum absolute atomic E-state index is 0.299. The number of hydrogen-bond donors (Lipinski definition) is 0. The standard InChI is InChI=1S/C16H16ClFO2/c1-10-6-11(8-12(18)7-10)16(17)14-9-13(19-2)4-5-15(14)20-3/h4-9,16H,1-3H3. The lowest BCUT2D eigenvalue weighted by Gasteiger charge is -2.16. The van der Waals surface area contributed by atoms with Crippen molar-refractivity contribution in [2.45, 2.75) is 12.3 Å². The quantitative estimate of drug-likeness (QED) is 0.774. The van der Waals surface area contributed by atoms with Crippen molar-refractivity contribution in [1.82, 2.24) is 0 Å². The van der Waals surface area contributed by atoms with Crippen LogP contribution in [0, 0.1) is 12.7 Å². The summed E-state index contributed by atoms with van der Waals surface area (Å²) in [5, 5.41) is -0.505. The normalized spacial score (nSPS) is 12.1. The molecule has 0 bridgehead atoms. The van der Waals surface area contributed by atoms with Crippen molar-refractivity contribution in [3.05, 3.63) is 58.9 Å². The van der Waals surface area contributed by atoms with Crippen LogP contribution in [0.3, 0.4) is 0 Å². The number of methoxy groups -OCH3 is 2. The molecule has 0 fully saturated rings. The second-order valence-electron chi connectivity index (χ2n) is 4.53. The molecule has 0 aliphatic heterocycles. The molecule has 2 aromatic rings. The van der Waals surface area contributed by atoms with Crippen LogP contribution in [-0.4, -0.2) is 14.2 Å². The van der Waals surface area contributed by atoms with Crippen molar-refractivity contribution in [2.75, 3.05) is 14.2 Å². The van der Waals surface area contributed by atoms with E-state index in [0.29, 0.717) is 17.1 Å². The van der Waals surface area contributed by atoms with Gasteiger partial charge in [0.1, 0.15) is 17.3 Å². The molecule has 1 unspecified atom stereocenters. The van der Waals surface area contributed by atoms with Gasteiger partial charge in [-0.15, -0.1) is 11.6 Å². The maximum atomic E-state index is 13.5. The van der Waals surface area contributed by atoms with Gasteiger partial charge in [-0.3, -0.25) is 0 Å². The zero-order valence-electron chi connectivity index (χ0n) is 11.6. The van der Waals surface area contributed by atoms with Crippen LogP contribution >= 0.6 is 11.6 Å². The molecule has 0 radical (unpaired) electrons. The van der Waals surface area contributed by atoms with E-state index in [1.807, 2.05) is 13.0 Å². The lowest BCUT2D eigenvalue weighted by Crippen LogP contribution is -1.99. The van der Waals surface area contributed by atoms with Gasteiger partial charge in [-0.05, 0) is 48.4 Å². The van der Waals surface area contributed by atoms with Gasteiger partial charge in [0.25, 0.3) is 0 Å². The first-order valence-electron chi connectivity index (χ1n) is 6.18. The van der Waals surface area contributed by atoms with Crippen LogP contribution in [0.25, 0.3) is 0 Å². The highest BCUT2D eigenvalue weighted by atomic mass is 35.5. The Balaban J connectivity index is 2.48. The van der Waals surface area contributed by atoms with Gasteiger partial charge in [0.05, 0.1) is 19.6 Å². The number of aryl methyl sites for hydroxylation is 1. The van der Waals surface area contributed by atoms with Crippen molar-refractivity contribution in [1.29, 1.82) is 0 Å². The number of benzene rings is 2. The first kappa shape index (κ1) is 14.7. The fraction of sp³-hybridized carbons (Fsp3) is 0.250. The van der Waals surface area contributed by atoms with Gasteiger partial charge in [0.2, 0.25) is 0 Å². The summed E-state index contributed by atoms with van der Waals surface area (Å²) in [7, 11) is 3.16. The molecule has 0 aromatic heterocycles. The highest BCUT2D eigenvalue weighted by Crippen LogP contribution is 2.37. The fourth-order valence-electron chi connectivity index (χ4n) is 2.13. The summed E-state index contributed by atoms with van der Waals surface area (Å²) < 4.78 is 24.0. The van der Waals surface area contributed by atoms with E-state index in [9.17, 15) is 4.39 Å². The molecule has 2 rings (SSSR count). The predicted octanol–water partition coefficient (Wildman–Crippen LogP) is 4.48. The Bertz CT molecular complexity index is 593. The summed E-state index contributed by atoms with van der Waals surface area (Å²) in [5.74, 6) is 1.03. The molecule has 0 amide bonds. The molecule has 106 valence electrons. The lowest BCUT2D eigenvalue weighted by molar-refractivity contribution is 0.399. The van der Waals surface area contributed by atoms with Gasteiger partial charge < -0.3 is 9.47 Å². The zero-order chi connectivity index (χ0) is 14.7. The molecule has 2 nitrogen and oxygen atoms in total. The Morgan fingerprint density at radius 2 is 1.80 bits per heavy atom. The third-order valence-electron chi connectivity index (χ3n) is 3.07. The SMILES string of the molecule is COc1ccc(OC)c(C(Cl)c2cc(C)cc(F)c2)c1. The maximum Gasteiger partial charge on any atom is 0.124 e. The predicted molar refractivity (Wildman–Crippen MR) is 78.4 cm³/mol. The Labute approximate surface area is 123 Å². The summed E-state index contributed by atoms with van der Waals surface area (Å²) in [5.41, 5.74) is 2.27. The zero-order valence-corrected chi connectivity index (χ0v) is 12.4. The molecule has 0 heterocycles. The van der Waals surface area contributed by atoms with Crippen LogP contribution in [0.5, 0.6) is 11.5 Å². The molecule has 0 spiro atoms. The van der Waals surface area contributed by atoms with Gasteiger partial charge in [-0.25, -0.2) is 4.39 Å². The third-order valence-corrected chi connectivity index (χ3v) is 3.55. The summed E-state index contributed by atoms with van der Waals surface area (Å²) in [6.07, 6.45) is 0. The summed E-state index contributed by atoms with van der Waals surface area (Å²) in [6, 6.07) is 10.1. The molecule has 0 saturated heterocycles. The monoisotopic (exact) mass is 294 g/mol. The first-order chi connectivity index (χ1) is 9.55. The minimum Gasteiger partial charge on any atom is -0.497 e. The second-order valence-corrected chi connectivity index (χ2v) is 4.97. The molecule has 0 aliphatic rings. The average molecular weight is 295 g/mol. The van der Waals surface area contributed by atoms with Crippen LogP contribution in [0.2, 0.25) is 0 Å². The van der Waals surface area contributed by atoms with Crippen LogP contribution in [0.4, 0.5) is 4.39 Å². The first-order valence-corrected chi connectivity index (χ1v) is 6.62. The van der Waals surface area contributed by atoms with E-state index >= 15 is 0 Å². The Hall–Kier alpha value is -1.74. The molecular weight excluding hydrogens is 279 g/mol. The van der Waals surface area contributed by atoms with Gasteiger partial charge in [0.15, 0.2) is 0 Å². The van der Waals surface area contributed by atoms with Crippen LogP contribution in [0.1, 0.15) is 22.1 Å². The molecule has 0 saturated carbocycles. The smallest absolute Gasteiger partial charge is 0.124 e. The number of hydrogen-bond acceptors (Lipinski definition) is 2. The third kappa shape index (κ3) is 3.05. The van der Waals surface area contributed by atoms with Gasteiger partial charge in [0, 0.05) is 5.56 Å². The van der Waals surface area contributed by atoms with Crippen molar-refractivity contribution in [3.8, 4) is 11.5 Å². The second kappa shape index (κ2) is 6.14. The van der Waals surface area contributed by atoms with E-state index in [-0.39, 0.29) is 5.82 Å². The topological polar surface area (TPSA) is 18.5 Å². The van der Waals surface area contributed by atoms with E-state index in [2.05, 4.69) is 0 Å². The molecule has 2 aromatic carbocycles. The lowest BCUT2D eigenvalue weighted by atomic mass is 10.0. The van der Waals surface area contributed by atoms with E-state index in [4.69, 9.17) is 21.1 Å². The van der Waals surface area contributed by atoms with Gasteiger partial charge >= 0.3 is 0 Å². The van der Waals surface area contributed by atoms with Crippen molar-refractivity contribution in [3.63, 3.8) is 0 Å². The average Bonchev–Trinajstić information content (AvgIpc) is 2.44. The van der Waals surface area contributed by atoms with Gasteiger partial charge in [-0.2, -0.15) is 0 Å². The fourth-order valence-corrected chi connectivity index (χ4v) is 2.42. The highest BCUT2D eigenvalue weighted by molar-refractivity contribution is 6.22. The van der Waals surface area contributed by atoms with Crippen molar-refractivity contribution >= 4 is 11.6 Å². The largest absolute Gasteiger partial charge is 0.497 e. The van der Waals surface area contributed by atoms with Gasteiger partial charge in [-0.1, -0.05) is 6.07 Å². The number of halogens is 2. The Morgan fingerprint density at radius 3 is 2.40 bits per heavy atom. The Kier molecular flexibility index (Phi) is 4.50. The summed E-state index contributed by atoms with van der Waals surface area (Å²) >= 11 is 6.49. The minimum atomic E-state index is -0.505. The molecule has 0 N–H and O–H groups in total. The number of alkyl halides is 1. The maximum absolute atomic E-state index is 13.5. The molecule has 0 aliphatic carbocycles.